The van der Waals surface area contributed by atoms with E-state index in [4.69, 9.17) is 4.98 Å². The molecule has 1 N–H and O–H groups in total. The highest BCUT2D eigenvalue weighted by Gasteiger charge is 2.10. The van der Waals surface area contributed by atoms with Crippen molar-refractivity contribution >= 4 is 23.5 Å². The Kier molecular flexibility index (Phi) is 6.66. The Morgan fingerprint density at radius 1 is 1.04 bits per heavy atom. The topological polar surface area (TPSA) is 58.1 Å². The number of carbonyl (C=O) groups excluding carboxylic acids is 1. The van der Waals surface area contributed by atoms with Crippen molar-refractivity contribution in [3.05, 3.63) is 71.8 Å². The van der Waals surface area contributed by atoms with Crippen LogP contribution in [0.2, 0.25) is 0 Å². The third-order valence-corrected chi connectivity index (χ3v) is 5.06. The summed E-state index contributed by atoms with van der Waals surface area (Å²) >= 11 is 1.59. The highest BCUT2D eigenvalue weighted by molar-refractivity contribution is 7.98. The van der Waals surface area contributed by atoms with Gasteiger partial charge < -0.3 is 10.2 Å². The number of hydrogen-bond acceptors (Lipinski definition) is 5. The van der Waals surface area contributed by atoms with Crippen LogP contribution < -0.4 is 10.2 Å². The second kappa shape index (κ2) is 9.37. The molecule has 0 saturated heterocycles. The van der Waals surface area contributed by atoms with Crippen LogP contribution in [-0.2, 0) is 5.75 Å². The minimum atomic E-state index is -0.0452. The summed E-state index contributed by atoms with van der Waals surface area (Å²) in [6.07, 6.45) is 0. The molecule has 0 aliphatic rings. The summed E-state index contributed by atoms with van der Waals surface area (Å²) in [6, 6.07) is 19.8. The summed E-state index contributed by atoms with van der Waals surface area (Å²) in [6.45, 7) is 2.54. The van der Waals surface area contributed by atoms with Gasteiger partial charge in [-0.1, -0.05) is 54.2 Å². The molecule has 28 heavy (non-hydrogen) atoms. The molecule has 1 amide bonds. The number of hydrogen-bond donors (Lipinski definition) is 1. The Balaban J connectivity index is 1.76. The van der Waals surface area contributed by atoms with Gasteiger partial charge in [0.15, 0.2) is 5.16 Å². The van der Waals surface area contributed by atoms with Crippen LogP contribution in [0.4, 0.5) is 5.82 Å². The number of nitrogens with zero attached hydrogens (tertiary/aromatic N) is 3. The van der Waals surface area contributed by atoms with Gasteiger partial charge in [0.05, 0.1) is 5.69 Å². The zero-order valence-corrected chi connectivity index (χ0v) is 17.2. The molecule has 0 saturated carbocycles. The molecule has 0 spiro atoms. The minimum absolute atomic E-state index is 0.0452. The zero-order chi connectivity index (χ0) is 19.9. The van der Waals surface area contributed by atoms with Gasteiger partial charge >= 0.3 is 0 Å². The molecule has 3 aromatic rings. The fourth-order valence-corrected chi connectivity index (χ4v) is 3.44. The fourth-order valence-electron chi connectivity index (χ4n) is 2.63. The predicted octanol–water partition coefficient (Wildman–Crippen LogP) is 4.25. The maximum absolute atomic E-state index is 11.9. The lowest BCUT2D eigenvalue weighted by atomic mass is 10.1. The number of amides is 1. The lowest BCUT2D eigenvalue weighted by Gasteiger charge is -2.14. The number of anilines is 1. The Hall–Kier alpha value is -2.86. The normalized spacial score (nSPS) is 10.5. The monoisotopic (exact) mass is 392 g/mol. The van der Waals surface area contributed by atoms with Crippen LogP contribution in [0, 0.1) is 0 Å². The molecule has 6 heteroatoms. The second-order valence-electron chi connectivity index (χ2n) is 6.50. The van der Waals surface area contributed by atoms with E-state index in [0.717, 1.165) is 33.5 Å². The predicted molar refractivity (Wildman–Crippen MR) is 116 cm³/mol. The van der Waals surface area contributed by atoms with Gasteiger partial charge in [-0.15, -0.1) is 0 Å². The first kappa shape index (κ1) is 19.9. The minimum Gasteiger partial charge on any atom is -0.363 e. The maximum atomic E-state index is 11.9. The average molecular weight is 393 g/mol. The lowest BCUT2D eigenvalue weighted by molar-refractivity contribution is 0.0956. The SMILES string of the molecule is CCNC(=O)c1ccc(CSc2nc(-c3ccccc3)cc(N(C)C)n2)cc1. The second-order valence-corrected chi connectivity index (χ2v) is 7.44. The summed E-state index contributed by atoms with van der Waals surface area (Å²) in [5.41, 5.74) is 3.78. The largest absolute Gasteiger partial charge is 0.363 e. The molecule has 1 heterocycles. The fraction of sp³-hybridized carbons (Fsp3) is 0.227. The number of benzene rings is 2. The van der Waals surface area contributed by atoms with Crippen molar-refractivity contribution in [2.45, 2.75) is 17.8 Å². The first-order valence-corrected chi connectivity index (χ1v) is 10.2. The number of carbonyl (C=O) groups is 1. The maximum Gasteiger partial charge on any atom is 0.251 e. The highest BCUT2D eigenvalue weighted by Crippen LogP contribution is 2.26. The van der Waals surface area contributed by atoms with Gasteiger partial charge in [-0.2, -0.15) is 0 Å². The molecule has 0 fully saturated rings. The molecular formula is C22H24N4OS. The van der Waals surface area contributed by atoms with Gasteiger partial charge in [0, 0.05) is 43.6 Å². The summed E-state index contributed by atoms with van der Waals surface area (Å²) in [7, 11) is 3.96. The van der Waals surface area contributed by atoms with E-state index in [2.05, 4.69) is 22.4 Å². The number of nitrogens with one attached hydrogen (secondary N) is 1. The number of thioether (sulfide) groups is 1. The van der Waals surface area contributed by atoms with Gasteiger partial charge in [-0.25, -0.2) is 9.97 Å². The van der Waals surface area contributed by atoms with E-state index >= 15 is 0 Å². The molecule has 0 aliphatic heterocycles. The van der Waals surface area contributed by atoms with Crippen molar-refractivity contribution in [2.24, 2.45) is 0 Å². The lowest BCUT2D eigenvalue weighted by Crippen LogP contribution is -2.22. The van der Waals surface area contributed by atoms with Gasteiger partial charge in [-0.3, -0.25) is 4.79 Å². The highest BCUT2D eigenvalue weighted by atomic mass is 32.2. The van der Waals surface area contributed by atoms with E-state index in [1.54, 1.807) is 11.8 Å². The molecule has 1 aromatic heterocycles. The van der Waals surface area contributed by atoms with E-state index in [1.807, 2.05) is 74.4 Å². The Morgan fingerprint density at radius 3 is 2.39 bits per heavy atom. The standard InChI is InChI=1S/C22H24N4OS/c1-4-23-21(27)18-12-10-16(11-13-18)15-28-22-24-19(14-20(25-22)26(2)3)17-8-6-5-7-9-17/h5-14H,4,15H2,1-3H3,(H,23,27). The Bertz CT molecular complexity index is 927. The van der Waals surface area contributed by atoms with Crippen molar-refractivity contribution in [1.29, 1.82) is 0 Å². The summed E-state index contributed by atoms with van der Waals surface area (Å²) in [4.78, 5) is 23.2. The van der Waals surface area contributed by atoms with Gasteiger partial charge in [0.1, 0.15) is 5.82 Å². The molecule has 0 unspecified atom stereocenters. The summed E-state index contributed by atoms with van der Waals surface area (Å²) in [5, 5.41) is 3.54. The molecule has 2 aromatic carbocycles. The van der Waals surface area contributed by atoms with Crippen LogP contribution in [0.1, 0.15) is 22.8 Å². The molecule has 0 radical (unpaired) electrons. The first-order valence-electron chi connectivity index (χ1n) is 9.18. The van der Waals surface area contributed by atoms with Crippen molar-refractivity contribution in [3.8, 4) is 11.3 Å². The molecular weight excluding hydrogens is 368 g/mol. The smallest absolute Gasteiger partial charge is 0.251 e. The van der Waals surface area contributed by atoms with Crippen molar-refractivity contribution < 1.29 is 4.79 Å². The molecule has 0 aliphatic carbocycles. The molecule has 144 valence electrons. The van der Waals surface area contributed by atoms with E-state index in [1.165, 1.54) is 0 Å². The third kappa shape index (κ3) is 5.10. The first-order chi connectivity index (χ1) is 13.6. The van der Waals surface area contributed by atoms with Crippen molar-refractivity contribution in [1.82, 2.24) is 15.3 Å². The third-order valence-electron chi connectivity index (χ3n) is 4.14. The van der Waals surface area contributed by atoms with Gasteiger partial charge in [0.25, 0.3) is 5.91 Å². The average Bonchev–Trinajstić information content (AvgIpc) is 2.73. The number of rotatable bonds is 7. The van der Waals surface area contributed by atoms with E-state index < -0.39 is 0 Å². The van der Waals surface area contributed by atoms with Crippen LogP contribution >= 0.6 is 11.8 Å². The molecule has 0 bridgehead atoms. The summed E-state index contributed by atoms with van der Waals surface area (Å²) in [5.74, 6) is 1.57. The van der Waals surface area contributed by atoms with Crippen LogP contribution in [0.15, 0.2) is 65.8 Å². The molecule has 5 nitrogen and oxygen atoms in total. The van der Waals surface area contributed by atoms with Crippen molar-refractivity contribution in [3.63, 3.8) is 0 Å². The van der Waals surface area contributed by atoms with Gasteiger partial charge in [0.2, 0.25) is 0 Å². The number of aromatic nitrogens is 2. The zero-order valence-electron chi connectivity index (χ0n) is 16.3. The Morgan fingerprint density at radius 2 is 1.75 bits per heavy atom. The van der Waals surface area contributed by atoms with Crippen LogP contribution in [0.3, 0.4) is 0 Å². The van der Waals surface area contributed by atoms with Crippen LogP contribution in [-0.4, -0.2) is 36.5 Å². The van der Waals surface area contributed by atoms with E-state index in [9.17, 15) is 4.79 Å². The van der Waals surface area contributed by atoms with E-state index in [-0.39, 0.29) is 5.91 Å². The molecule has 3 rings (SSSR count). The van der Waals surface area contributed by atoms with Crippen LogP contribution in [0.5, 0.6) is 0 Å². The summed E-state index contributed by atoms with van der Waals surface area (Å²) < 4.78 is 0. The van der Waals surface area contributed by atoms with Crippen molar-refractivity contribution in [2.75, 3.05) is 25.5 Å². The molecule has 0 atom stereocenters. The van der Waals surface area contributed by atoms with Gasteiger partial charge in [-0.05, 0) is 24.6 Å². The van der Waals surface area contributed by atoms with E-state index in [0.29, 0.717) is 12.1 Å². The quantitative estimate of drug-likeness (QED) is 0.481. The van der Waals surface area contributed by atoms with Crippen LogP contribution in [0.25, 0.3) is 11.3 Å². The Labute approximate surface area is 170 Å².